The van der Waals surface area contributed by atoms with Crippen molar-refractivity contribution in [2.45, 2.75) is 33.1 Å². The second-order valence-corrected chi connectivity index (χ2v) is 4.05. The average molecular weight is 300 g/mol. The van der Waals surface area contributed by atoms with Crippen LogP contribution in [0, 0.1) is 0 Å². The molecule has 0 aromatic heterocycles. The molecule has 0 unspecified atom stereocenters. The minimum atomic E-state index is -0.491. The normalized spacial score (nSPS) is 12.2. The second-order valence-electron chi connectivity index (χ2n) is 4.05. The summed E-state index contributed by atoms with van der Waals surface area (Å²) in [5, 5.41) is 0. The molecule has 0 saturated heterocycles. The van der Waals surface area contributed by atoms with E-state index >= 15 is 0 Å². The third-order valence-corrected chi connectivity index (χ3v) is 2.60. The number of esters is 2. The summed E-state index contributed by atoms with van der Waals surface area (Å²) in [5.74, 6) is -0.879. The molecule has 0 radical (unpaired) electrons. The maximum atomic E-state index is 11.9. The molecule has 0 N–H and O–H groups in total. The monoisotopic (exact) mass is 300 g/mol. The van der Waals surface area contributed by atoms with Gasteiger partial charge in [-0.1, -0.05) is 19.1 Å². The maximum absolute atomic E-state index is 11.9. The van der Waals surface area contributed by atoms with Gasteiger partial charge in [-0.15, -0.1) is 0 Å². The molecule has 0 atom stereocenters. The average Bonchev–Trinajstić information content (AvgIpc) is 2.51. The van der Waals surface area contributed by atoms with E-state index in [0.29, 0.717) is 17.8 Å². The van der Waals surface area contributed by atoms with E-state index in [2.05, 4.69) is 4.74 Å². The second kappa shape index (κ2) is 12.1. The van der Waals surface area contributed by atoms with E-state index in [-0.39, 0.29) is 25.4 Å². The molecule has 21 heavy (non-hydrogen) atoms. The number of rotatable bonds is 10. The lowest BCUT2D eigenvalue weighted by Gasteiger charge is -2.11. The van der Waals surface area contributed by atoms with E-state index in [1.165, 1.54) is 14.2 Å². The van der Waals surface area contributed by atoms with Gasteiger partial charge in [-0.25, -0.2) is 14.6 Å². The van der Waals surface area contributed by atoms with E-state index < -0.39 is 5.97 Å². The third-order valence-electron chi connectivity index (χ3n) is 2.60. The van der Waals surface area contributed by atoms with E-state index in [1.807, 2.05) is 13.0 Å². The first-order valence-electron chi connectivity index (χ1n) is 6.88. The van der Waals surface area contributed by atoms with Crippen molar-refractivity contribution in [3.05, 3.63) is 23.3 Å². The standard InChI is InChI=1S/C15H24O6/c1-5-7-8-12(11-21-20-6-2)13(15(17)19-4)9-10-14(16)18-3/h7-8H,5-6,9-11H2,1-4H3/b8-7+,13-12-. The Morgan fingerprint density at radius 3 is 2.24 bits per heavy atom. The first-order chi connectivity index (χ1) is 10.1. The molecule has 0 aromatic rings. The SMILES string of the molecule is CC/C=C/C(COOCC)=C(\CCC(=O)OC)C(=O)OC. The van der Waals surface area contributed by atoms with Crippen LogP contribution in [0.15, 0.2) is 23.3 Å². The first-order valence-corrected chi connectivity index (χ1v) is 6.88. The summed E-state index contributed by atoms with van der Waals surface area (Å²) in [6.45, 7) is 4.28. The quantitative estimate of drug-likeness (QED) is 0.154. The Labute approximate surface area is 125 Å². The van der Waals surface area contributed by atoms with Gasteiger partial charge in [-0.2, -0.15) is 0 Å². The van der Waals surface area contributed by atoms with Crippen LogP contribution < -0.4 is 0 Å². The molecule has 0 rings (SSSR count). The van der Waals surface area contributed by atoms with Gasteiger partial charge in [0.2, 0.25) is 0 Å². The molecule has 0 heterocycles. The summed E-state index contributed by atoms with van der Waals surface area (Å²) < 4.78 is 9.35. The fraction of sp³-hybridized carbons (Fsp3) is 0.600. The number of ether oxygens (including phenoxy) is 2. The molecule has 0 aliphatic heterocycles. The van der Waals surface area contributed by atoms with Crippen molar-refractivity contribution in [3.63, 3.8) is 0 Å². The van der Waals surface area contributed by atoms with Crippen molar-refractivity contribution < 1.29 is 28.8 Å². The van der Waals surface area contributed by atoms with Gasteiger partial charge in [0.1, 0.15) is 6.61 Å². The Kier molecular flexibility index (Phi) is 11.2. The highest BCUT2D eigenvalue weighted by Gasteiger charge is 2.17. The Balaban J connectivity index is 5.18. The maximum Gasteiger partial charge on any atom is 0.334 e. The van der Waals surface area contributed by atoms with Gasteiger partial charge in [0, 0.05) is 12.0 Å². The topological polar surface area (TPSA) is 71.1 Å². The van der Waals surface area contributed by atoms with Gasteiger partial charge in [-0.05, 0) is 25.3 Å². The zero-order valence-electron chi connectivity index (χ0n) is 13.1. The van der Waals surface area contributed by atoms with Gasteiger partial charge >= 0.3 is 11.9 Å². The summed E-state index contributed by atoms with van der Waals surface area (Å²) >= 11 is 0. The van der Waals surface area contributed by atoms with Crippen LogP contribution >= 0.6 is 0 Å². The van der Waals surface area contributed by atoms with Gasteiger partial charge in [-0.3, -0.25) is 4.79 Å². The predicted octanol–water partition coefficient (Wildman–Crippen LogP) is 2.34. The van der Waals surface area contributed by atoms with Crippen molar-refractivity contribution >= 4 is 11.9 Å². The Morgan fingerprint density at radius 1 is 1.00 bits per heavy atom. The largest absolute Gasteiger partial charge is 0.469 e. The number of methoxy groups -OCH3 is 2. The van der Waals surface area contributed by atoms with Crippen molar-refractivity contribution in [2.24, 2.45) is 0 Å². The molecule has 0 aliphatic carbocycles. The van der Waals surface area contributed by atoms with E-state index in [0.717, 1.165) is 6.42 Å². The summed E-state index contributed by atoms with van der Waals surface area (Å²) in [6, 6.07) is 0. The summed E-state index contributed by atoms with van der Waals surface area (Å²) in [6.07, 6.45) is 4.80. The smallest absolute Gasteiger partial charge is 0.334 e. The molecule has 6 heteroatoms. The van der Waals surface area contributed by atoms with Crippen LogP contribution in [-0.4, -0.2) is 39.4 Å². The molecule has 0 aromatic carbocycles. The number of hydrogen-bond donors (Lipinski definition) is 0. The molecule has 6 nitrogen and oxygen atoms in total. The summed E-state index contributed by atoms with van der Waals surface area (Å²) in [5.41, 5.74) is 1.01. The molecular formula is C15H24O6. The highest BCUT2D eigenvalue weighted by atomic mass is 17.2. The van der Waals surface area contributed by atoms with Gasteiger partial charge in [0.25, 0.3) is 0 Å². The molecule has 0 saturated carbocycles. The first kappa shape index (κ1) is 19.3. The lowest BCUT2D eigenvalue weighted by molar-refractivity contribution is -0.284. The van der Waals surface area contributed by atoms with Crippen LogP contribution in [-0.2, 0) is 28.8 Å². The van der Waals surface area contributed by atoms with Gasteiger partial charge in [0.15, 0.2) is 0 Å². The Hall–Kier alpha value is -1.66. The van der Waals surface area contributed by atoms with E-state index in [9.17, 15) is 9.59 Å². The number of hydrogen-bond acceptors (Lipinski definition) is 6. The van der Waals surface area contributed by atoms with Crippen LogP contribution in [0.5, 0.6) is 0 Å². The Morgan fingerprint density at radius 2 is 1.71 bits per heavy atom. The van der Waals surface area contributed by atoms with Crippen molar-refractivity contribution in [1.29, 1.82) is 0 Å². The van der Waals surface area contributed by atoms with Crippen LogP contribution in [0.25, 0.3) is 0 Å². The fourth-order valence-electron chi connectivity index (χ4n) is 1.53. The van der Waals surface area contributed by atoms with E-state index in [1.54, 1.807) is 13.0 Å². The summed E-state index contributed by atoms with van der Waals surface area (Å²) in [4.78, 5) is 33.0. The van der Waals surface area contributed by atoms with E-state index in [4.69, 9.17) is 14.5 Å². The number of allylic oxidation sites excluding steroid dienone is 1. The molecule has 120 valence electrons. The van der Waals surface area contributed by atoms with Crippen LogP contribution in [0.2, 0.25) is 0 Å². The molecule has 0 spiro atoms. The van der Waals surface area contributed by atoms with Gasteiger partial charge < -0.3 is 9.47 Å². The summed E-state index contributed by atoms with van der Waals surface area (Å²) in [7, 11) is 2.60. The van der Waals surface area contributed by atoms with Crippen LogP contribution in [0.3, 0.4) is 0 Å². The van der Waals surface area contributed by atoms with Crippen molar-refractivity contribution in [2.75, 3.05) is 27.4 Å². The van der Waals surface area contributed by atoms with Crippen LogP contribution in [0.1, 0.15) is 33.1 Å². The molecule has 0 bridgehead atoms. The minimum absolute atomic E-state index is 0.0963. The Bertz CT molecular complexity index is 384. The highest BCUT2D eigenvalue weighted by Crippen LogP contribution is 2.16. The fourth-order valence-corrected chi connectivity index (χ4v) is 1.53. The highest BCUT2D eigenvalue weighted by molar-refractivity contribution is 5.90. The minimum Gasteiger partial charge on any atom is -0.469 e. The lowest BCUT2D eigenvalue weighted by atomic mass is 10.0. The zero-order chi connectivity index (χ0) is 16.1. The zero-order valence-corrected chi connectivity index (χ0v) is 13.1. The third kappa shape index (κ3) is 8.27. The molecule has 0 fully saturated rings. The van der Waals surface area contributed by atoms with Crippen molar-refractivity contribution in [1.82, 2.24) is 0 Å². The van der Waals surface area contributed by atoms with Crippen molar-refractivity contribution in [3.8, 4) is 0 Å². The van der Waals surface area contributed by atoms with Gasteiger partial charge in [0.05, 0.1) is 20.8 Å². The number of carbonyl (C=O) groups is 2. The molecular weight excluding hydrogens is 276 g/mol. The number of carbonyl (C=O) groups excluding carboxylic acids is 2. The molecule has 0 amide bonds. The lowest BCUT2D eigenvalue weighted by Crippen LogP contribution is -2.13. The van der Waals surface area contributed by atoms with Crippen LogP contribution in [0.4, 0.5) is 0 Å². The predicted molar refractivity (Wildman–Crippen MR) is 77.3 cm³/mol. The molecule has 0 aliphatic rings.